The fourth-order valence-corrected chi connectivity index (χ4v) is 3.39. The third-order valence-electron chi connectivity index (χ3n) is 4.74. The van der Waals surface area contributed by atoms with Crippen LogP contribution >= 0.6 is 11.6 Å². The molecule has 0 saturated carbocycles. The van der Waals surface area contributed by atoms with Crippen LogP contribution in [0.15, 0.2) is 60.3 Å². The molecule has 4 N–H and O–H groups in total. The van der Waals surface area contributed by atoms with E-state index in [9.17, 15) is 9.59 Å². The predicted molar refractivity (Wildman–Crippen MR) is 121 cm³/mol. The summed E-state index contributed by atoms with van der Waals surface area (Å²) in [5.74, 6) is -0.209. The molecule has 1 saturated heterocycles. The van der Waals surface area contributed by atoms with E-state index in [4.69, 9.17) is 17.0 Å². The zero-order valence-corrected chi connectivity index (χ0v) is 17.4. The van der Waals surface area contributed by atoms with Crippen molar-refractivity contribution in [3.8, 4) is 0 Å². The van der Waals surface area contributed by atoms with E-state index < -0.39 is 6.04 Å². The first kappa shape index (κ1) is 21.4. The van der Waals surface area contributed by atoms with E-state index >= 15 is 0 Å². The summed E-state index contributed by atoms with van der Waals surface area (Å²) in [6.45, 7) is 2.39. The summed E-state index contributed by atoms with van der Waals surface area (Å²) < 4.78 is 0. The van der Waals surface area contributed by atoms with E-state index in [0.29, 0.717) is 29.4 Å². The minimum Gasteiger partial charge on any atom is -0.359 e. The number of carbonyl (C=O) groups is 2. The van der Waals surface area contributed by atoms with Crippen LogP contribution in [0.1, 0.15) is 19.8 Å². The molecule has 1 heterocycles. The molecule has 0 unspecified atom stereocenters. The maximum absolute atomic E-state index is 12.8. The molecular weight excluding hydrogens is 402 g/mol. The van der Waals surface area contributed by atoms with E-state index in [1.807, 2.05) is 19.1 Å². The smallest absolute Gasteiger partial charge is 0.322 e. The van der Waals surface area contributed by atoms with Gasteiger partial charge >= 0.3 is 6.03 Å². The van der Waals surface area contributed by atoms with Crippen LogP contribution in [0, 0.1) is 5.41 Å². The zero-order chi connectivity index (χ0) is 21.5. The molecule has 1 atom stereocenters. The number of hydrogen-bond acceptors (Lipinski definition) is 4. The van der Waals surface area contributed by atoms with Gasteiger partial charge in [-0.2, -0.15) is 0 Å². The molecule has 1 aliphatic rings. The van der Waals surface area contributed by atoms with E-state index in [1.165, 1.54) is 6.21 Å². The highest BCUT2D eigenvalue weighted by atomic mass is 35.5. The highest BCUT2D eigenvalue weighted by molar-refractivity contribution is 6.30. The average molecular weight is 426 g/mol. The number of anilines is 3. The third kappa shape index (κ3) is 5.61. The monoisotopic (exact) mass is 425 g/mol. The van der Waals surface area contributed by atoms with Crippen LogP contribution in [-0.4, -0.2) is 35.6 Å². The molecule has 0 bridgehead atoms. The van der Waals surface area contributed by atoms with Gasteiger partial charge in [-0.25, -0.2) is 4.79 Å². The van der Waals surface area contributed by atoms with Crippen LogP contribution in [0.4, 0.5) is 21.9 Å². The van der Waals surface area contributed by atoms with Gasteiger partial charge in [0.2, 0.25) is 5.91 Å². The molecule has 1 fully saturated rings. The van der Waals surface area contributed by atoms with E-state index in [0.717, 1.165) is 17.8 Å². The van der Waals surface area contributed by atoms with Crippen LogP contribution in [0.5, 0.6) is 0 Å². The average Bonchev–Trinajstić information content (AvgIpc) is 3.22. The number of halogens is 1. The van der Waals surface area contributed by atoms with Crippen molar-refractivity contribution in [1.82, 2.24) is 4.90 Å². The first-order valence-electron chi connectivity index (χ1n) is 9.65. The number of nitrogens with one attached hydrogen (secondary N) is 4. The Morgan fingerprint density at radius 2 is 1.57 bits per heavy atom. The highest BCUT2D eigenvalue weighted by Gasteiger charge is 2.34. The van der Waals surface area contributed by atoms with Crippen molar-refractivity contribution in [3.63, 3.8) is 0 Å². The van der Waals surface area contributed by atoms with Gasteiger partial charge < -0.3 is 26.3 Å². The molecule has 8 heteroatoms. The van der Waals surface area contributed by atoms with Gasteiger partial charge in [0.05, 0.1) is 0 Å². The summed E-state index contributed by atoms with van der Waals surface area (Å²) >= 11 is 5.87. The molecule has 0 aromatic heterocycles. The number of rotatable bonds is 6. The van der Waals surface area contributed by atoms with Crippen LogP contribution in [0.25, 0.3) is 0 Å². The molecule has 2 aromatic carbocycles. The summed E-state index contributed by atoms with van der Waals surface area (Å²) in [6.07, 6.45) is 4.26. The number of allylic oxidation sites excluding steroid dienone is 2. The zero-order valence-electron chi connectivity index (χ0n) is 16.6. The Balaban J connectivity index is 1.60. The molecule has 0 aliphatic carbocycles. The second-order valence-electron chi connectivity index (χ2n) is 7.00. The minimum atomic E-state index is -0.520. The molecule has 7 nitrogen and oxygen atoms in total. The standard InChI is InChI=1S/C22H24ClN5O2/c1-15(12-13-24)25-17-8-10-18(11-9-17)26-21(29)20-3-2-14-28(20)22(30)27-19-6-4-16(23)5-7-19/h4-13,20,24-25H,2-3,14H2,1H3,(H,26,29)(H,27,30)/b15-12-,24-13?/t20-/m1/s1. The Bertz CT molecular complexity index is 941. The van der Waals surface area contributed by atoms with Crippen molar-refractivity contribution in [3.05, 3.63) is 65.3 Å². The van der Waals surface area contributed by atoms with Crippen molar-refractivity contribution in [2.45, 2.75) is 25.8 Å². The molecule has 0 spiro atoms. The number of amides is 3. The van der Waals surface area contributed by atoms with Crippen molar-refractivity contribution in [1.29, 1.82) is 5.41 Å². The summed E-state index contributed by atoms with van der Waals surface area (Å²) in [5.41, 5.74) is 2.98. The SMILES string of the molecule is C/C(=C/C=N)Nc1ccc(NC(=O)[C@H]2CCCN2C(=O)Nc2ccc(Cl)cc2)cc1. The quantitative estimate of drug-likeness (QED) is 0.493. The van der Waals surface area contributed by atoms with Crippen molar-refractivity contribution in [2.24, 2.45) is 0 Å². The molecular formula is C22H24ClN5O2. The van der Waals surface area contributed by atoms with Crippen LogP contribution < -0.4 is 16.0 Å². The number of urea groups is 1. The molecule has 3 rings (SSSR count). The lowest BCUT2D eigenvalue weighted by atomic mass is 10.2. The van der Waals surface area contributed by atoms with E-state index in [1.54, 1.807) is 47.4 Å². The predicted octanol–water partition coefficient (Wildman–Crippen LogP) is 4.94. The van der Waals surface area contributed by atoms with Crippen LogP contribution in [0.2, 0.25) is 5.02 Å². The third-order valence-corrected chi connectivity index (χ3v) is 4.99. The largest absolute Gasteiger partial charge is 0.359 e. The van der Waals surface area contributed by atoms with Crippen LogP contribution in [-0.2, 0) is 4.79 Å². The maximum Gasteiger partial charge on any atom is 0.322 e. The molecule has 156 valence electrons. The van der Waals surface area contributed by atoms with Gasteiger partial charge in [-0.05, 0) is 74.4 Å². The summed E-state index contributed by atoms with van der Waals surface area (Å²) in [4.78, 5) is 27.0. The van der Waals surface area contributed by atoms with Gasteiger partial charge in [0.25, 0.3) is 0 Å². The Kier molecular flexibility index (Phi) is 7.08. The first-order chi connectivity index (χ1) is 14.5. The summed E-state index contributed by atoms with van der Waals surface area (Å²) in [6, 6.07) is 13.3. The number of nitrogens with zero attached hydrogens (tertiary/aromatic N) is 1. The van der Waals surface area contributed by atoms with Gasteiger partial charge in [0.1, 0.15) is 6.04 Å². The van der Waals surface area contributed by atoms with Gasteiger partial charge in [-0.15, -0.1) is 0 Å². The second kappa shape index (κ2) is 9.93. The number of benzene rings is 2. The molecule has 30 heavy (non-hydrogen) atoms. The normalized spacial score (nSPS) is 16.1. The lowest BCUT2D eigenvalue weighted by Crippen LogP contribution is -2.45. The Morgan fingerprint density at radius 1 is 1.00 bits per heavy atom. The van der Waals surface area contributed by atoms with Crippen molar-refractivity contribution < 1.29 is 9.59 Å². The summed E-state index contributed by atoms with van der Waals surface area (Å²) in [5, 5.41) is 16.5. The lowest BCUT2D eigenvalue weighted by molar-refractivity contribution is -0.119. The number of carbonyl (C=O) groups excluding carboxylic acids is 2. The van der Waals surface area contributed by atoms with Gasteiger partial charge in [0.15, 0.2) is 0 Å². The van der Waals surface area contributed by atoms with Crippen LogP contribution in [0.3, 0.4) is 0 Å². The van der Waals surface area contributed by atoms with Gasteiger partial charge in [-0.3, -0.25) is 4.79 Å². The van der Waals surface area contributed by atoms with Gasteiger partial charge in [-0.1, -0.05) is 11.6 Å². The Morgan fingerprint density at radius 3 is 2.20 bits per heavy atom. The van der Waals surface area contributed by atoms with E-state index in [-0.39, 0.29) is 11.9 Å². The molecule has 1 aliphatic heterocycles. The maximum atomic E-state index is 12.8. The molecule has 2 aromatic rings. The Labute approximate surface area is 180 Å². The molecule has 0 radical (unpaired) electrons. The fourth-order valence-electron chi connectivity index (χ4n) is 3.27. The molecule has 3 amide bonds. The second-order valence-corrected chi connectivity index (χ2v) is 7.43. The lowest BCUT2D eigenvalue weighted by Gasteiger charge is -2.24. The number of likely N-dealkylation sites (tertiary alicyclic amines) is 1. The Hall–Kier alpha value is -3.32. The van der Waals surface area contributed by atoms with Crippen molar-refractivity contribution in [2.75, 3.05) is 22.5 Å². The minimum absolute atomic E-state index is 0.209. The fraction of sp³-hybridized carbons (Fsp3) is 0.227. The topological polar surface area (TPSA) is 97.3 Å². The van der Waals surface area contributed by atoms with E-state index in [2.05, 4.69) is 16.0 Å². The van der Waals surface area contributed by atoms with Gasteiger partial charge in [0, 0.05) is 40.5 Å². The van der Waals surface area contributed by atoms with Crippen molar-refractivity contribution >= 4 is 46.8 Å². The summed E-state index contributed by atoms with van der Waals surface area (Å²) in [7, 11) is 0. The highest BCUT2D eigenvalue weighted by Crippen LogP contribution is 2.22. The number of hydrogen-bond donors (Lipinski definition) is 4. The first-order valence-corrected chi connectivity index (χ1v) is 10.0.